The van der Waals surface area contributed by atoms with Crippen molar-refractivity contribution in [3.05, 3.63) is 95.9 Å². The SMILES string of the molecule is c1ccc(-c2nnn(Cc3ccc(-c4nnc(C5CCOc6ccccc65)o4)cc3)n2)cc1. The van der Waals surface area contributed by atoms with Crippen molar-refractivity contribution in [3.8, 4) is 28.6 Å². The lowest BCUT2D eigenvalue weighted by Crippen LogP contribution is -2.15. The van der Waals surface area contributed by atoms with Crippen molar-refractivity contribution < 1.29 is 9.15 Å². The van der Waals surface area contributed by atoms with Crippen LogP contribution in [0.1, 0.15) is 29.4 Å². The van der Waals surface area contributed by atoms with E-state index in [4.69, 9.17) is 9.15 Å². The standard InChI is InChI=1S/C25H20N6O2/c1-2-6-18(7-3-1)23-26-30-31(29-23)16-17-10-12-19(13-11-17)24-27-28-25(33-24)21-14-15-32-22-9-5-4-8-20(21)22/h1-13,21H,14-16H2. The lowest BCUT2D eigenvalue weighted by Gasteiger charge is -2.23. The molecule has 3 heterocycles. The summed E-state index contributed by atoms with van der Waals surface area (Å²) in [5.74, 6) is 2.67. The molecular formula is C25H20N6O2. The number of hydrogen-bond donors (Lipinski definition) is 0. The summed E-state index contributed by atoms with van der Waals surface area (Å²) >= 11 is 0. The van der Waals surface area contributed by atoms with Gasteiger partial charge in [0.15, 0.2) is 0 Å². The number of benzene rings is 3. The van der Waals surface area contributed by atoms with Crippen LogP contribution in [0.15, 0.2) is 83.3 Å². The van der Waals surface area contributed by atoms with Crippen LogP contribution in [0.25, 0.3) is 22.8 Å². The van der Waals surface area contributed by atoms with Crippen molar-refractivity contribution in [1.82, 2.24) is 30.4 Å². The Bertz CT molecular complexity index is 1380. The molecule has 1 atom stereocenters. The van der Waals surface area contributed by atoms with E-state index in [1.807, 2.05) is 72.8 Å². The van der Waals surface area contributed by atoms with E-state index in [2.05, 4.69) is 31.7 Å². The number of fused-ring (bicyclic) bond motifs is 1. The minimum atomic E-state index is 0.0488. The third kappa shape index (κ3) is 3.87. The number of aromatic nitrogens is 6. The first-order valence-corrected chi connectivity index (χ1v) is 10.8. The molecule has 0 radical (unpaired) electrons. The number of nitrogens with zero attached hydrogens (tertiary/aromatic N) is 6. The zero-order valence-corrected chi connectivity index (χ0v) is 17.7. The molecule has 0 saturated heterocycles. The van der Waals surface area contributed by atoms with Crippen LogP contribution in [-0.2, 0) is 6.54 Å². The number of tetrazole rings is 1. The summed E-state index contributed by atoms with van der Waals surface area (Å²) in [7, 11) is 0. The summed E-state index contributed by atoms with van der Waals surface area (Å²) in [6, 6.07) is 25.8. The predicted octanol–water partition coefficient (Wildman–Crippen LogP) is 4.35. The highest BCUT2D eigenvalue weighted by Gasteiger charge is 2.27. The van der Waals surface area contributed by atoms with Gasteiger partial charge in [0, 0.05) is 16.7 Å². The molecule has 0 aliphatic carbocycles. The van der Waals surface area contributed by atoms with Crippen LogP contribution in [0.5, 0.6) is 5.75 Å². The zero-order chi connectivity index (χ0) is 22.0. The van der Waals surface area contributed by atoms with Crippen molar-refractivity contribution in [3.63, 3.8) is 0 Å². The molecule has 2 aromatic heterocycles. The third-order valence-electron chi connectivity index (χ3n) is 5.71. The van der Waals surface area contributed by atoms with Gasteiger partial charge in [-0.3, -0.25) is 0 Å². The molecule has 0 fully saturated rings. The monoisotopic (exact) mass is 436 g/mol. The van der Waals surface area contributed by atoms with Crippen LogP contribution in [0.3, 0.4) is 0 Å². The Hall–Kier alpha value is -4.33. The second kappa shape index (κ2) is 8.31. The average molecular weight is 436 g/mol. The van der Waals surface area contributed by atoms with Crippen LogP contribution in [0.2, 0.25) is 0 Å². The molecule has 3 aromatic carbocycles. The van der Waals surface area contributed by atoms with Crippen molar-refractivity contribution in [1.29, 1.82) is 0 Å². The van der Waals surface area contributed by atoms with Crippen molar-refractivity contribution >= 4 is 0 Å². The molecule has 0 amide bonds. The first kappa shape index (κ1) is 19.4. The quantitative estimate of drug-likeness (QED) is 0.404. The van der Waals surface area contributed by atoms with Gasteiger partial charge in [-0.05, 0) is 35.4 Å². The van der Waals surface area contributed by atoms with Crippen molar-refractivity contribution in [2.45, 2.75) is 18.9 Å². The number of ether oxygens (including phenoxy) is 1. The minimum Gasteiger partial charge on any atom is -0.493 e. The lowest BCUT2D eigenvalue weighted by molar-refractivity contribution is 0.265. The molecule has 33 heavy (non-hydrogen) atoms. The predicted molar refractivity (Wildman–Crippen MR) is 120 cm³/mol. The molecule has 8 nitrogen and oxygen atoms in total. The van der Waals surface area contributed by atoms with Gasteiger partial charge in [0.1, 0.15) is 5.75 Å². The van der Waals surface area contributed by atoms with E-state index >= 15 is 0 Å². The highest BCUT2D eigenvalue weighted by molar-refractivity contribution is 5.54. The molecule has 1 aliphatic heterocycles. The number of para-hydroxylation sites is 1. The van der Waals surface area contributed by atoms with Gasteiger partial charge in [-0.15, -0.1) is 20.4 Å². The van der Waals surface area contributed by atoms with Gasteiger partial charge in [0.2, 0.25) is 17.6 Å². The summed E-state index contributed by atoms with van der Waals surface area (Å²) < 4.78 is 11.8. The minimum absolute atomic E-state index is 0.0488. The largest absolute Gasteiger partial charge is 0.493 e. The Morgan fingerprint density at radius 2 is 1.64 bits per heavy atom. The molecule has 0 N–H and O–H groups in total. The van der Waals surface area contributed by atoms with E-state index in [9.17, 15) is 0 Å². The summed E-state index contributed by atoms with van der Waals surface area (Å²) in [5.41, 5.74) is 3.95. The Kier molecular flexibility index (Phi) is 4.88. The first-order valence-electron chi connectivity index (χ1n) is 10.8. The van der Waals surface area contributed by atoms with E-state index in [-0.39, 0.29) is 5.92 Å². The van der Waals surface area contributed by atoms with Gasteiger partial charge >= 0.3 is 0 Å². The average Bonchev–Trinajstić information content (AvgIpc) is 3.55. The van der Waals surface area contributed by atoms with E-state index in [0.717, 1.165) is 34.4 Å². The van der Waals surface area contributed by atoms with Crippen LogP contribution in [0.4, 0.5) is 0 Å². The van der Waals surface area contributed by atoms with Gasteiger partial charge in [0.05, 0.1) is 19.1 Å². The second-order valence-electron chi connectivity index (χ2n) is 7.88. The van der Waals surface area contributed by atoms with Gasteiger partial charge in [-0.25, -0.2) is 0 Å². The highest BCUT2D eigenvalue weighted by Crippen LogP contribution is 2.38. The molecule has 1 unspecified atom stereocenters. The molecule has 6 rings (SSSR count). The first-order chi connectivity index (χ1) is 16.3. The van der Waals surface area contributed by atoms with E-state index in [1.54, 1.807) is 4.80 Å². The lowest BCUT2D eigenvalue weighted by atomic mass is 9.93. The summed E-state index contributed by atoms with van der Waals surface area (Å²) in [6.45, 7) is 1.16. The molecule has 5 aromatic rings. The van der Waals surface area contributed by atoms with Gasteiger partial charge in [-0.1, -0.05) is 60.7 Å². The smallest absolute Gasteiger partial charge is 0.247 e. The Morgan fingerprint density at radius 1 is 0.818 bits per heavy atom. The maximum absolute atomic E-state index is 6.06. The molecule has 0 saturated carbocycles. The van der Waals surface area contributed by atoms with Crippen LogP contribution < -0.4 is 4.74 Å². The molecule has 8 heteroatoms. The van der Waals surface area contributed by atoms with Gasteiger partial charge < -0.3 is 9.15 Å². The third-order valence-corrected chi connectivity index (χ3v) is 5.71. The molecule has 0 bridgehead atoms. The zero-order valence-electron chi connectivity index (χ0n) is 17.7. The van der Waals surface area contributed by atoms with E-state index < -0.39 is 0 Å². The molecule has 1 aliphatic rings. The fourth-order valence-electron chi connectivity index (χ4n) is 4.02. The second-order valence-corrected chi connectivity index (χ2v) is 7.88. The number of rotatable bonds is 5. The van der Waals surface area contributed by atoms with Crippen molar-refractivity contribution in [2.24, 2.45) is 0 Å². The van der Waals surface area contributed by atoms with Crippen LogP contribution in [0, 0.1) is 0 Å². The molecule has 162 valence electrons. The fourth-order valence-corrected chi connectivity index (χ4v) is 4.02. The van der Waals surface area contributed by atoms with Crippen molar-refractivity contribution in [2.75, 3.05) is 6.61 Å². The summed E-state index contributed by atoms with van der Waals surface area (Å²) in [5, 5.41) is 21.4. The topological polar surface area (TPSA) is 91.8 Å². The molecular weight excluding hydrogens is 416 g/mol. The maximum Gasteiger partial charge on any atom is 0.247 e. The Morgan fingerprint density at radius 3 is 2.52 bits per heavy atom. The Labute approximate surface area is 189 Å². The number of hydrogen-bond acceptors (Lipinski definition) is 7. The highest BCUT2D eigenvalue weighted by atomic mass is 16.5. The maximum atomic E-state index is 6.06. The van der Waals surface area contributed by atoms with Crippen LogP contribution >= 0.6 is 0 Å². The van der Waals surface area contributed by atoms with Gasteiger partial charge in [0.25, 0.3) is 0 Å². The molecule has 0 spiro atoms. The van der Waals surface area contributed by atoms with Crippen LogP contribution in [-0.4, -0.2) is 37.0 Å². The normalized spacial score (nSPS) is 15.1. The van der Waals surface area contributed by atoms with Gasteiger partial charge in [-0.2, -0.15) is 4.80 Å². The van der Waals surface area contributed by atoms with E-state index in [1.165, 1.54) is 0 Å². The summed E-state index contributed by atoms with van der Waals surface area (Å²) in [4.78, 5) is 1.59. The Balaban J connectivity index is 1.18. The fraction of sp³-hybridized carbons (Fsp3) is 0.160. The summed E-state index contributed by atoms with van der Waals surface area (Å²) in [6.07, 6.45) is 0.813. The van der Waals surface area contributed by atoms with E-state index in [0.29, 0.717) is 30.8 Å².